The van der Waals surface area contributed by atoms with Gasteiger partial charge in [-0.1, -0.05) is 0 Å². The highest BCUT2D eigenvalue weighted by Gasteiger charge is 2.12. The molecule has 1 rings (SSSR count). The van der Waals surface area contributed by atoms with Crippen LogP contribution in [-0.4, -0.2) is 12.1 Å². The molecule has 5 heteroatoms. The van der Waals surface area contributed by atoms with E-state index in [0.29, 0.717) is 4.47 Å². The summed E-state index contributed by atoms with van der Waals surface area (Å²) in [6.07, 6.45) is 1.32. The van der Waals surface area contributed by atoms with E-state index in [1.165, 1.54) is 13.3 Å². The fourth-order valence-electron chi connectivity index (χ4n) is 0.693. The van der Waals surface area contributed by atoms with Gasteiger partial charge in [-0.05, 0) is 15.9 Å². The summed E-state index contributed by atoms with van der Waals surface area (Å²) in [4.78, 5) is 3.61. The maximum absolute atomic E-state index is 13.1. The summed E-state index contributed by atoms with van der Waals surface area (Å²) in [7, 11) is 1.29. The summed E-state index contributed by atoms with van der Waals surface area (Å²) in [5.74, 6) is -0.913. The second kappa shape index (κ2) is 3.50. The first-order chi connectivity index (χ1) is 5.70. The Morgan fingerprint density at radius 3 is 2.92 bits per heavy atom. The Hall–Kier alpha value is -1.15. The molecule has 0 radical (unpaired) electrons. The number of rotatable bonds is 1. The van der Waals surface area contributed by atoms with E-state index >= 15 is 0 Å². The van der Waals surface area contributed by atoms with Crippen LogP contribution in [0.15, 0.2) is 10.7 Å². The fourth-order valence-corrected chi connectivity index (χ4v) is 1.06. The highest BCUT2D eigenvalue weighted by Crippen LogP contribution is 2.23. The molecular weight excluding hydrogens is 227 g/mol. The summed E-state index contributed by atoms with van der Waals surface area (Å²) in [6.45, 7) is 0. The average molecular weight is 231 g/mol. The first kappa shape index (κ1) is 8.94. The van der Waals surface area contributed by atoms with Gasteiger partial charge in [-0.25, -0.2) is 4.98 Å². The van der Waals surface area contributed by atoms with E-state index < -0.39 is 5.82 Å². The molecule has 1 aromatic rings. The summed E-state index contributed by atoms with van der Waals surface area (Å²) in [5, 5.41) is 8.52. The van der Waals surface area contributed by atoms with Crippen molar-refractivity contribution < 1.29 is 9.13 Å². The third kappa shape index (κ3) is 1.38. The van der Waals surface area contributed by atoms with Gasteiger partial charge in [0.25, 0.3) is 5.88 Å². The van der Waals surface area contributed by atoms with E-state index in [2.05, 4.69) is 25.7 Å². The van der Waals surface area contributed by atoms with Crippen molar-refractivity contribution in [2.45, 2.75) is 0 Å². The summed E-state index contributed by atoms with van der Waals surface area (Å²) >= 11 is 2.99. The normalized spacial score (nSPS) is 9.17. The first-order valence-electron chi connectivity index (χ1n) is 2.98. The monoisotopic (exact) mass is 230 g/mol. The molecule has 0 spiro atoms. The Bertz CT molecular complexity index is 348. The van der Waals surface area contributed by atoms with Gasteiger partial charge in [-0.2, -0.15) is 9.65 Å². The highest BCUT2D eigenvalue weighted by atomic mass is 79.9. The van der Waals surface area contributed by atoms with E-state index in [1.807, 2.05) is 0 Å². The van der Waals surface area contributed by atoms with Crippen LogP contribution in [0.4, 0.5) is 4.39 Å². The molecule has 0 aliphatic rings. The lowest BCUT2D eigenvalue weighted by Crippen LogP contribution is -1.95. The molecule has 0 atom stereocenters. The molecule has 0 aromatic carbocycles. The van der Waals surface area contributed by atoms with Crippen LogP contribution in [0.5, 0.6) is 5.88 Å². The second-order valence-corrected chi connectivity index (χ2v) is 2.77. The minimum atomic E-state index is -0.741. The molecule has 0 aliphatic heterocycles. The maximum atomic E-state index is 13.1. The van der Waals surface area contributed by atoms with Crippen molar-refractivity contribution >= 4 is 15.9 Å². The lowest BCUT2D eigenvalue weighted by atomic mass is 10.3. The molecular formula is C7H4BrFN2O. The average Bonchev–Trinajstić information content (AvgIpc) is 2.06. The number of hydrogen-bond donors (Lipinski definition) is 0. The topological polar surface area (TPSA) is 45.9 Å². The lowest BCUT2D eigenvalue weighted by molar-refractivity contribution is 0.368. The van der Waals surface area contributed by atoms with Gasteiger partial charge in [0.05, 0.1) is 11.6 Å². The molecule has 62 valence electrons. The summed E-state index contributed by atoms with van der Waals surface area (Å²) < 4.78 is 18.0. The van der Waals surface area contributed by atoms with Gasteiger partial charge in [0.2, 0.25) is 5.82 Å². The molecule has 0 aliphatic carbocycles. The smallest absolute Gasteiger partial charge is 0.251 e. The number of hydrogen-bond acceptors (Lipinski definition) is 3. The van der Waals surface area contributed by atoms with Gasteiger partial charge in [-0.15, -0.1) is 0 Å². The van der Waals surface area contributed by atoms with Crippen LogP contribution < -0.4 is 4.74 Å². The van der Waals surface area contributed by atoms with E-state index in [9.17, 15) is 4.39 Å². The molecule has 0 bridgehead atoms. The van der Waals surface area contributed by atoms with Crippen molar-refractivity contribution in [3.05, 3.63) is 22.1 Å². The number of pyridine rings is 1. The minimum Gasteiger partial charge on any atom is -0.479 e. The van der Waals surface area contributed by atoms with Crippen LogP contribution >= 0.6 is 15.9 Å². The van der Waals surface area contributed by atoms with E-state index in [4.69, 9.17) is 5.26 Å². The highest BCUT2D eigenvalue weighted by molar-refractivity contribution is 9.10. The van der Waals surface area contributed by atoms with E-state index in [1.54, 1.807) is 6.07 Å². The third-order valence-electron chi connectivity index (χ3n) is 1.25. The minimum absolute atomic E-state index is 0.0955. The van der Waals surface area contributed by atoms with Crippen molar-refractivity contribution in [2.75, 3.05) is 7.11 Å². The number of nitriles is 1. The molecule has 0 saturated heterocycles. The largest absolute Gasteiger partial charge is 0.479 e. The SMILES string of the molecule is COc1ncc(Br)c(C#N)c1F. The number of methoxy groups -OCH3 is 1. The first-order valence-corrected chi connectivity index (χ1v) is 3.78. The predicted molar refractivity (Wildman–Crippen MR) is 43.2 cm³/mol. The van der Waals surface area contributed by atoms with Crippen molar-refractivity contribution in [1.82, 2.24) is 4.98 Å². The van der Waals surface area contributed by atoms with Crippen LogP contribution in [0.3, 0.4) is 0 Å². The van der Waals surface area contributed by atoms with E-state index in [-0.39, 0.29) is 11.4 Å². The number of ether oxygens (including phenoxy) is 1. The van der Waals surface area contributed by atoms with Gasteiger partial charge >= 0.3 is 0 Å². The zero-order valence-electron chi connectivity index (χ0n) is 6.14. The molecule has 3 nitrogen and oxygen atoms in total. The standard InChI is InChI=1S/C7H4BrFN2O/c1-12-7-6(9)4(2-10)5(8)3-11-7/h3H,1H3. The van der Waals surface area contributed by atoms with Gasteiger partial charge < -0.3 is 4.74 Å². The number of aromatic nitrogens is 1. The van der Waals surface area contributed by atoms with E-state index in [0.717, 1.165) is 0 Å². The lowest BCUT2D eigenvalue weighted by Gasteiger charge is -2.01. The molecule has 1 aromatic heterocycles. The van der Waals surface area contributed by atoms with Crippen LogP contribution in [-0.2, 0) is 0 Å². The number of nitrogens with zero attached hydrogens (tertiary/aromatic N) is 2. The molecule has 12 heavy (non-hydrogen) atoms. The summed E-state index contributed by atoms with van der Waals surface area (Å²) in [5.41, 5.74) is -0.0955. The van der Waals surface area contributed by atoms with Crippen molar-refractivity contribution in [1.29, 1.82) is 5.26 Å². The van der Waals surface area contributed by atoms with Crippen molar-refractivity contribution in [3.8, 4) is 11.9 Å². The summed E-state index contributed by atoms with van der Waals surface area (Å²) in [6, 6.07) is 1.70. The van der Waals surface area contributed by atoms with Crippen molar-refractivity contribution in [2.24, 2.45) is 0 Å². The molecule has 0 saturated carbocycles. The van der Waals surface area contributed by atoms with Gasteiger partial charge in [0.15, 0.2) is 0 Å². The zero-order chi connectivity index (χ0) is 9.14. The molecule has 0 unspecified atom stereocenters. The maximum Gasteiger partial charge on any atom is 0.251 e. The Balaban J connectivity index is 3.36. The Labute approximate surface area is 76.9 Å². The second-order valence-electron chi connectivity index (χ2n) is 1.92. The molecule has 0 fully saturated rings. The quantitative estimate of drug-likeness (QED) is 0.740. The van der Waals surface area contributed by atoms with Crippen LogP contribution in [0.1, 0.15) is 5.56 Å². The molecule has 0 amide bonds. The zero-order valence-corrected chi connectivity index (χ0v) is 7.72. The van der Waals surface area contributed by atoms with Crippen LogP contribution in [0.2, 0.25) is 0 Å². The Morgan fingerprint density at radius 2 is 2.42 bits per heavy atom. The number of halogens is 2. The molecule has 1 heterocycles. The van der Waals surface area contributed by atoms with Gasteiger partial charge in [0, 0.05) is 6.20 Å². The van der Waals surface area contributed by atoms with Crippen LogP contribution in [0, 0.1) is 17.1 Å². The fraction of sp³-hybridized carbons (Fsp3) is 0.143. The van der Waals surface area contributed by atoms with Crippen LogP contribution in [0.25, 0.3) is 0 Å². The van der Waals surface area contributed by atoms with Crippen molar-refractivity contribution in [3.63, 3.8) is 0 Å². The predicted octanol–water partition coefficient (Wildman–Crippen LogP) is 1.86. The van der Waals surface area contributed by atoms with Gasteiger partial charge in [-0.3, -0.25) is 0 Å². The third-order valence-corrected chi connectivity index (χ3v) is 1.85. The Kier molecular flexibility index (Phi) is 2.61. The Morgan fingerprint density at radius 1 is 1.75 bits per heavy atom. The van der Waals surface area contributed by atoms with Gasteiger partial charge in [0.1, 0.15) is 11.6 Å². The molecule has 0 N–H and O–H groups in total.